The SMILES string of the molecule is COC(O)=C(O)c1ccccc1. The second kappa shape index (κ2) is 3.67. The summed E-state index contributed by atoms with van der Waals surface area (Å²) in [5.41, 5.74) is 0.525. The highest BCUT2D eigenvalue weighted by Crippen LogP contribution is 2.13. The molecule has 0 fully saturated rings. The third-order valence-corrected chi connectivity index (χ3v) is 1.44. The van der Waals surface area contributed by atoms with Crippen molar-refractivity contribution in [3.8, 4) is 0 Å². The Morgan fingerprint density at radius 1 is 1.17 bits per heavy atom. The maximum atomic E-state index is 9.29. The number of rotatable bonds is 2. The third-order valence-electron chi connectivity index (χ3n) is 1.44. The van der Waals surface area contributed by atoms with E-state index in [9.17, 15) is 5.11 Å². The standard InChI is InChI=1S/C9H10O3/c1-12-9(11)8(10)7-5-3-2-4-6-7/h2-6,10-11H,1H3. The van der Waals surface area contributed by atoms with Crippen molar-refractivity contribution < 1.29 is 14.9 Å². The number of methoxy groups -OCH3 is 1. The fourth-order valence-corrected chi connectivity index (χ4v) is 0.816. The summed E-state index contributed by atoms with van der Waals surface area (Å²) in [7, 11) is 1.29. The summed E-state index contributed by atoms with van der Waals surface area (Å²) in [4.78, 5) is 0. The first-order valence-corrected chi connectivity index (χ1v) is 3.47. The Kier molecular flexibility index (Phi) is 2.58. The molecule has 64 valence electrons. The van der Waals surface area contributed by atoms with E-state index in [2.05, 4.69) is 4.74 Å². The number of aliphatic hydroxyl groups is 2. The van der Waals surface area contributed by atoms with Crippen LogP contribution in [-0.2, 0) is 4.74 Å². The lowest BCUT2D eigenvalue weighted by Gasteiger charge is -2.01. The number of hydrogen-bond donors (Lipinski definition) is 2. The van der Waals surface area contributed by atoms with Gasteiger partial charge in [0.05, 0.1) is 7.11 Å². The zero-order valence-corrected chi connectivity index (χ0v) is 6.69. The van der Waals surface area contributed by atoms with Crippen LogP contribution in [0.15, 0.2) is 36.3 Å². The van der Waals surface area contributed by atoms with Gasteiger partial charge in [0.25, 0.3) is 0 Å². The van der Waals surface area contributed by atoms with Crippen LogP contribution in [0.25, 0.3) is 5.76 Å². The molecule has 0 aliphatic carbocycles. The minimum absolute atomic E-state index is 0.252. The Balaban J connectivity index is 3.00. The van der Waals surface area contributed by atoms with Gasteiger partial charge in [-0.05, 0) is 0 Å². The molecule has 1 aromatic rings. The van der Waals surface area contributed by atoms with Crippen LogP contribution in [0.3, 0.4) is 0 Å². The van der Waals surface area contributed by atoms with Crippen LogP contribution in [0.2, 0.25) is 0 Å². The Labute approximate surface area is 70.5 Å². The molecule has 0 heterocycles. The molecule has 0 amide bonds. The lowest BCUT2D eigenvalue weighted by atomic mass is 10.2. The molecular formula is C9H10O3. The van der Waals surface area contributed by atoms with Gasteiger partial charge in [-0.3, -0.25) is 0 Å². The quantitative estimate of drug-likeness (QED) is 0.661. The van der Waals surface area contributed by atoms with Gasteiger partial charge in [0.2, 0.25) is 5.76 Å². The van der Waals surface area contributed by atoms with Gasteiger partial charge in [-0.2, -0.15) is 0 Å². The average molecular weight is 166 g/mol. The van der Waals surface area contributed by atoms with Gasteiger partial charge >= 0.3 is 5.95 Å². The molecule has 0 radical (unpaired) electrons. The minimum Gasteiger partial charge on any atom is -0.502 e. The predicted molar refractivity (Wildman–Crippen MR) is 45.6 cm³/mol. The number of ether oxygens (including phenoxy) is 1. The largest absolute Gasteiger partial charge is 0.502 e. The molecule has 12 heavy (non-hydrogen) atoms. The zero-order chi connectivity index (χ0) is 8.97. The normalized spacial score (nSPS) is 12.1. The van der Waals surface area contributed by atoms with E-state index in [-0.39, 0.29) is 5.76 Å². The van der Waals surface area contributed by atoms with Gasteiger partial charge in [-0.25, -0.2) is 0 Å². The van der Waals surface area contributed by atoms with E-state index in [4.69, 9.17) is 5.11 Å². The molecule has 3 heteroatoms. The summed E-state index contributed by atoms with van der Waals surface area (Å²) < 4.78 is 4.45. The highest BCUT2D eigenvalue weighted by Gasteiger charge is 2.05. The molecule has 0 saturated heterocycles. The molecule has 0 unspecified atom stereocenters. The molecule has 0 aromatic heterocycles. The predicted octanol–water partition coefficient (Wildman–Crippen LogP) is 2.08. The van der Waals surface area contributed by atoms with Crippen molar-refractivity contribution in [2.45, 2.75) is 0 Å². The minimum atomic E-state index is -0.471. The first kappa shape index (κ1) is 8.46. The van der Waals surface area contributed by atoms with Gasteiger partial charge in [0.15, 0.2) is 0 Å². The maximum absolute atomic E-state index is 9.29. The molecule has 0 aliphatic rings. The molecule has 0 saturated carbocycles. The number of aliphatic hydroxyl groups excluding tert-OH is 2. The van der Waals surface area contributed by atoms with Crippen molar-refractivity contribution in [1.29, 1.82) is 0 Å². The van der Waals surface area contributed by atoms with Gasteiger partial charge in [0.1, 0.15) is 0 Å². The Hall–Kier alpha value is -1.64. The van der Waals surface area contributed by atoms with E-state index in [1.165, 1.54) is 7.11 Å². The molecule has 3 nitrogen and oxygen atoms in total. The molecule has 0 atom stereocenters. The van der Waals surface area contributed by atoms with Gasteiger partial charge in [-0.1, -0.05) is 30.3 Å². The van der Waals surface area contributed by atoms with Crippen LogP contribution < -0.4 is 0 Å². The Morgan fingerprint density at radius 3 is 2.25 bits per heavy atom. The number of benzene rings is 1. The maximum Gasteiger partial charge on any atom is 0.321 e. The molecule has 0 bridgehead atoms. The smallest absolute Gasteiger partial charge is 0.321 e. The third kappa shape index (κ3) is 1.69. The van der Waals surface area contributed by atoms with Gasteiger partial charge in [0, 0.05) is 5.56 Å². The lowest BCUT2D eigenvalue weighted by molar-refractivity contribution is 0.129. The zero-order valence-electron chi connectivity index (χ0n) is 6.69. The van der Waals surface area contributed by atoms with E-state index in [1.807, 2.05) is 6.07 Å². The van der Waals surface area contributed by atoms with Crippen LogP contribution in [0.5, 0.6) is 0 Å². The summed E-state index contributed by atoms with van der Waals surface area (Å²) in [5.74, 6) is -0.723. The summed E-state index contributed by atoms with van der Waals surface area (Å²) in [6.45, 7) is 0. The van der Waals surface area contributed by atoms with E-state index in [1.54, 1.807) is 24.3 Å². The van der Waals surface area contributed by atoms with Crippen molar-refractivity contribution in [2.24, 2.45) is 0 Å². The summed E-state index contributed by atoms with van der Waals surface area (Å²) in [6, 6.07) is 8.68. The van der Waals surface area contributed by atoms with E-state index in [0.717, 1.165) is 0 Å². The first-order valence-electron chi connectivity index (χ1n) is 3.47. The Morgan fingerprint density at radius 2 is 1.75 bits per heavy atom. The van der Waals surface area contributed by atoms with Crippen LogP contribution in [-0.4, -0.2) is 17.3 Å². The van der Waals surface area contributed by atoms with Crippen molar-refractivity contribution in [3.05, 3.63) is 41.8 Å². The average Bonchev–Trinajstić information content (AvgIpc) is 2.17. The highest BCUT2D eigenvalue weighted by atomic mass is 16.6. The van der Waals surface area contributed by atoms with E-state index in [0.29, 0.717) is 5.56 Å². The monoisotopic (exact) mass is 166 g/mol. The summed E-state index contributed by atoms with van der Waals surface area (Å²) in [5, 5.41) is 18.3. The van der Waals surface area contributed by atoms with Crippen molar-refractivity contribution in [3.63, 3.8) is 0 Å². The van der Waals surface area contributed by atoms with E-state index < -0.39 is 5.95 Å². The van der Waals surface area contributed by atoms with Crippen LogP contribution in [0.4, 0.5) is 0 Å². The molecule has 1 aromatic carbocycles. The summed E-state index contributed by atoms with van der Waals surface area (Å²) in [6.07, 6.45) is 0. The van der Waals surface area contributed by atoms with Gasteiger partial charge in [-0.15, -0.1) is 0 Å². The van der Waals surface area contributed by atoms with Gasteiger partial charge < -0.3 is 14.9 Å². The Bertz CT molecular complexity index is 277. The molecule has 1 rings (SSSR count). The first-order chi connectivity index (χ1) is 5.75. The molecule has 0 spiro atoms. The second-order valence-electron chi connectivity index (χ2n) is 2.22. The van der Waals surface area contributed by atoms with Crippen molar-refractivity contribution in [1.82, 2.24) is 0 Å². The van der Waals surface area contributed by atoms with Crippen LogP contribution >= 0.6 is 0 Å². The number of hydrogen-bond acceptors (Lipinski definition) is 3. The van der Waals surface area contributed by atoms with Crippen molar-refractivity contribution >= 4 is 5.76 Å². The lowest BCUT2D eigenvalue weighted by Crippen LogP contribution is -1.92. The van der Waals surface area contributed by atoms with E-state index >= 15 is 0 Å². The molecule has 2 N–H and O–H groups in total. The fourth-order valence-electron chi connectivity index (χ4n) is 0.816. The van der Waals surface area contributed by atoms with Crippen LogP contribution in [0.1, 0.15) is 5.56 Å². The topological polar surface area (TPSA) is 49.7 Å². The second-order valence-corrected chi connectivity index (χ2v) is 2.22. The summed E-state index contributed by atoms with van der Waals surface area (Å²) >= 11 is 0. The molecule has 0 aliphatic heterocycles. The molecular weight excluding hydrogens is 156 g/mol. The fraction of sp³-hybridized carbons (Fsp3) is 0.111. The van der Waals surface area contributed by atoms with Crippen LogP contribution in [0, 0.1) is 0 Å². The highest BCUT2D eigenvalue weighted by molar-refractivity contribution is 5.58. The van der Waals surface area contributed by atoms with Crippen molar-refractivity contribution in [2.75, 3.05) is 7.11 Å².